The predicted octanol–water partition coefficient (Wildman–Crippen LogP) is 3.32. The van der Waals surface area contributed by atoms with E-state index in [1.54, 1.807) is 60.7 Å². The SMILES string of the molecule is COC(=O)C(Cc1ccccc1)NC(=O)C(CC(=O)OCc1ccccc1)NC(=O)OCc1ccccc1. The lowest BCUT2D eigenvalue weighted by Gasteiger charge is -2.22. The largest absolute Gasteiger partial charge is 0.467 e. The van der Waals surface area contributed by atoms with Crippen molar-refractivity contribution >= 4 is 23.9 Å². The Morgan fingerprint density at radius 2 is 1.16 bits per heavy atom. The number of alkyl carbamates (subject to hydrolysis) is 1. The quantitative estimate of drug-likeness (QED) is 0.279. The third kappa shape index (κ3) is 9.42. The minimum absolute atomic E-state index is 0.00522. The molecule has 2 atom stereocenters. The number of hydrogen-bond donors (Lipinski definition) is 2. The van der Waals surface area contributed by atoms with Gasteiger partial charge in [-0.05, 0) is 16.7 Å². The molecule has 0 saturated carbocycles. The third-order valence-electron chi connectivity index (χ3n) is 5.52. The van der Waals surface area contributed by atoms with Gasteiger partial charge in [-0.25, -0.2) is 9.59 Å². The Morgan fingerprint density at radius 1 is 0.658 bits per heavy atom. The van der Waals surface area contributed by atoms with Crippen LogP contribution in [0.2, 0.25) is 0 Å². The zero-order valence-corrected chi connectivity index (χ0v) is 21.0. The number of amides is 2. The second-order valence-electron chi connectivity index (χ2n) is 8.38. The molecule has 0 heterocycles. The fourth-order valence-electron chi connectivity index (χ4n) is 3.54. The molecule has 3 rings (SSSR count). The van der Waals surface area contributed by atoms with E-state index in [0.29, 0.717) is 0 Å². The number of carbonyl (C=O) groups excluding carboxylic acids is 4. The molecule has 0 spiro atoms. The Kier molecular flexibility index (Phi) is 10.9. The van der Waals surface area contributed by atoms with E-state index < -0.39 is 42.4 Å². The minimum Gasteiger partial charge on any atom is -0.467 e. The van der Waals surface area contributed by atoms with Gasteiger partial charge < -0.3 is 24.8 Å². The van der Waals surface area contributed by atoms with Crippen molar-refractivity contribution in [3.8, 4) is 0 Å². The van der Waals surface area contributed by atoms with E-state index in [1.165, 1.54) is 7.11 Å². The molecule has 0 fully saturated rings. The Balaban J connectivity index is 1.67. The predicted molar refractivity (Wildman–Crippen MR) is 138 cm³/mol. The van der Waals surface area contributed by atoms with Crippen molar-refractivity contribution in [3.63, 3.8) is 0 Å². The summed E-state index contributed by atoms with van der Waals surface area (Å²) in [4.78, 5) is 50.7. The molecule has 9 heteroatoms. The van der Waals surface area contributed by atoms with E-state index in [2.05, 4.69) is 10.6 Å². The second kappa shape index (κ2) is 14.8. The van der Waals surface area contributed by atoms with Gasteiger partial charge in [0, 0.05) is 6.42 Å². The molecule has 38 heavy (non-hydrogen) atoms. The first-order valence-electron chi connectivity index (χ1n) is 12.0. The zero-order valence-electron chi connectivity index (χ0n) is 21.0. The van der Waals surface area contributed by atoms with Gasteiger partial charge in [-0.3, -0.25) is 9.59 Å². The summed E-state index contributed by atoms with van der Waals surface area (Å²) in [5.41, 5.74) is 2.31. The summed E-state index contributed by atoms with van der Waals surface area (Å²) in [7, 11) is 1.21. The summed E-state index contributed by atoms with van der Waals surface area (Å²) in [5.74, 6) is -2.14. The van der Waals surface area contributed by atoms with Gasteiger partial charge in [0.25, 0.3) is 0 Å². The minimum atomic E-state index is -1.36. The van der Waals surface area contributed by atoms with E-state index in [4.69, 9.17) is 14.2 Å². The highest BCUT2D eigenvalue weighted by atomic mass is 16.6. The van der Waals surface area contributed by atoms with Crippen LogP contribution in [0.15, 0.2) is 91.0 Å². The number of carbonyl (C=O) groups is 4. The van der Waals surface area contributed by atoms with Crippen LogP contribution in [0.25, 0.3) is 0 Å². The molecular formula is C29H30N2O7. The maximum absolute atomic E-state index is 13.2. The second-order valence-corrected chi connectivity index (χ2v) is 8.38. The normalized spacial score (nSPS) is 11.9. The Labute approximate surface area is 221 Å². The average molecular weight is 519 g/mol. The summed E-state index contributed by atoms with van der Waals surface area (Å²) in [6.07, 6.45) is -1.22. The lowest BCUT2D eigenvalue weighted by Crippen LogP contribution is -2.53. The van der Waals surface area contributed by atoms with Crippen LogP contribution in [-0.2, 0) is 48.2 Å². The molecule has 2 unspecified atom stereocenters. The molecule has 0 aliphatic rings. The molecule has 0 aromatic heterocycles. The van der Waals surface area contributed by atoms with Crippen molar-refractivity contribution in [3.05, 3.63) is 108 Å². The highest BCUT2D eigenvalue weighted by Crippen LogP contribution is 2.08. The summed E-state index contributed by atoms with van der Waals surface area (Å²) in [6, 6.07) is 24.7. The molecule has 3 aromatic rings. The van der Waals surface area contributed by atoms with Crippen molar-refractivity contribution in [1.82, 2.24) is 10.6 Å². The maximum atomic E-state index is 13.2. The molecule has 2 amide bonds. The molecule has 0 bridgehead atoms. The first-order chi connectivity index (χ1) is 18.4. The number of hydrogen-bond acceptors (Lipinski definition) is 7. The molecule has 3 aromatic carbocycles. The van der Waals surface area contributed by atoms with Crippen LogP contribution in [0, 0.1) is 0 Å². The van der Waals surface area contributed by atoms with E-state index in [1.807, 2.05) is 30.3 Å². The molecule has 0 saturated heterocycles. The van der Waals surface area contributed by atoms with Gasteiger partial charge in [0.15, 0.2) is 0 Å². The van der Waals surface area contributed by atoms with E-state index in [0.717, 1.165) is 16.7 Å². The number of ether oxygens (including phenoxy) is 3. The van der Waals surface area contributed by atoms with Crippen LogP contribution in [0.5, 0.6) is 0 Å². The number of methoxy groups -OCH3 is 1. The molecule has 0 radical (unpaired) electrons. The summed E-state index contributed by atoms with van der Waals surface area (Å²) in [5, 5.41) is 5.00. The van der Waals surface area contributed by atoms with Gasteiger partial charge in [0.05, 0.1) is 13.5 Å². The van der Waals surface area contributed by atoms with E-state index >= 15 is 0 Å². The molecule has 9 nitrogen and oxygen atoms in total. The lowest BCUT2D eigenvalue weighted by atomic mass is 10.1. The van der Waals surface area contributed by atoms with Crippen molar-refractivity contribution in [1.29, 1.82) is 0 Å². The van der Waals surface area contributed by atoms with Crippen LogP contribution in [0.4, 0.5) is 4.79 Å². The Morgan fingerprint density at radius 3 is 1.68 bits per heavy atom. The van der Waals surface area contributed by atoms with Gasteiger partial charge in [-0.15, -0.1) is 0 Å². The smallest absolute Gasteiger partial charge is 0.408 e. The topological polar surface area (TPSA) is 120 Å². The number of esters is 2. The standard InChI is InChI=1S/C29H30N2O7/c1-36-28(34)25(17-21-11-5-2-6-12-21)30-27(33)24(18-26(32)37-19-22-13-7-3-8-14-22)31-29(35)38-20-23-15-9-4-10-16-23/h2-16,24-25H,17-20H2,1H3,(H,30,33)(H,31,35). The summed E-state index contributed by atoms with van der Waals surface area (Å²) < 4.78 is 15.3. The van der Waals surface area contributed by atoms with Crippen LogP contribution < -0.4 is 10.6 Å². The van der Waals surface area contributed by atoms with Gasteiger partial charge >= 0.3 is 18.0 Å². The van der Waals surface area contributed by atoms with Crippen molar-refractivity contribution < 1.29 is 33.4 Å². The Hall–Kier alpha value is -4.66. The zero-order chi connectivity index (χ0) is 27.2. The highest BCUT2D eigenvalue weighted by molar-refractivity contribution is 5.92. The average Bonchev–Trinajstić information content (AvgIpc) is 2.95. The fraction of sp³-hybridized carbons (Fsp3) is 0.241. The first kappa shape index (κ1) is 27.9. The van der Waals surface area contributed by atoms with Crippen molar-refractivity contribution in [2.75, 3.05) is 7.11 Å². The van der Waals surface area contributed by atoms with Crippen molar-refractivity contribution in [2.45, 2.75) is 38.1 Å². The van der Waals surface area contributed by atoms with Gasteiger partial charge in [-0.1, -0.05) is 91.0 Å². The molecule has 2 N–H and O–H groups in total. The van der Waals surface area contributed by atoms with Gasteiger partial charge in [-0.2, -0.15) is 0 Å². The summed E-state index contributed by atoms with van der Waals surface area (Å²) in [6.45, 7) is -0.0243. The molecular weight excluding hydrogens is 488 g/mol. The van der Waals surface area contributed by atoms with E-state index in [-0.39, 0.29) is 19.6 Å². The molecule has 0 aliphatic carbocycles. The van der Waals surface area contributed by atoms with E-state index in [9.17, 15) is 19.2 Å². The fourth-order valence-corrected chi connectivity index (χ4v) is 3.54. The van der Waals surface area contributed by atoms with Crippen LogP contribution >= 0.6 is 0 Å². The summed E-state index contributed by atoms with van der Waals surface area (Å²) >= 11 is 0. The third-order valence-corrected chi connectivity index (χ3v) is 5.52. The molecule has 198 valence electrons. The Bertz CT molecular complexity index is 1130. The highest BCUT2D eigenvalue weighted by Gasteiger charge is 2.30. The number of nitrogens with one attached hydrogen (secondary N) is 2. The van der Waals surface area contributed by atoms with Crippen LogP contribution in [0.1, 0.15) is 23.1 Å². The first-order valence-corrected chi connectivity index (χ1v) is 12.0. The molecule has 0 aliphatic heterocycles. The van der Waals surface area contributed by atoms with Crippen molar-refractivity contribution in [2.24, 2.45) is 0 Å². The van der Waals surface area contributed by atoms with Crippen LogP contribution in [-0.4, -0.2) is 43.1 Å². The van der Waals surface area contributed by atoms with Gasteiger partial charge in [0.2, 0.25) is 5.91 Å². The van der Waals surface area contributed by atoms with Gasteiger partial charge in [0.1, 0.15) is 25.3 Å². The maximum Gasteiger partial charge on any atom is 0.408 e. The number of benzene rings is 3. The lowest BCUT2D eigenvalue weighted by molar-refractivity contribution is -0.147. The number of rotatable bonds is 12. The van der Waals surface area contributed by atoms with Crippen LogP contribution in [0.3, 0.4) is 0 Å². The monoisotopic (exact) mass is 518 g/mol.